The molecule has 0 N–H and O–H groups in total. The van der Waals surface area contributed by atoms with E-state index in [0.29, 0.717) is 11.1 Å². The van der Waals surface area contributed by atoms with Gasteiger partial charge in [-0.15, -0.1) is 11.6 Å². The van der Waals surface area contributed by atoms with Crippen LogP contribution in [-0.2, 0) is 11.8 Å². The lowest BCUT2D eigenvalue weighted by Gasteiger charge is -2.28. The number of anilines is 1. The summed E-state index contributed by atoms with van der Waals surface area (Å²) in [5, 5.41) is 4.18. The number of aromatic nitrogens is 2. The molecule has 6 heteroatoms. The van der Waals surface area contributed by atoms with Crippen molar-refractivity contribution in [1.29, 1.82) is 0 Å². The molecule has 0 fully saturated rings. The Morgan fingerprint density at radius 1 is 1.59 bits per heavy atom. The first kappa shape index (κ1) is 14.5. The molecule has 1 heterocycles. The minimum atomic E-state index is -0.115. The van der Waals surface area contributed by atoms with Gasteiger partial charge in [0.15, 0.2) is 4.60 Å². The summed E-state index contributed by atoms with van der Waals surface area (Å²) >= 11 is 9.00. The van der Waals surface area contributed by atoms with Gasteiger partial charge in [0.05, 0.1) is 5.69 Å². The molecule has 0 saturated heterocycles. The number of halogens is 2. The number of alkyl halides is 1. The van der Waals surface area contributed by atoms with Crippen molar-refractivity contribution in [1.82, 2.24) is 9.78 Å². The van der Waals surface area contributed by atoms with Crippen molar-refractivity contribution in [3.63, 3.8) is 0 Å². The van der Waals surface area contributed by atoms with Crippen molar-refractivity contribution in [3.05, 3.63) is 10.8 Å². The lowest BCUT2D eigenvalue weighted by Crippen LogP contribution is -2.38. The van der Waals surface area contributed by atoms with E-state index in [1.54, 1.807) is 15.8 Å². The van der Waals surface area contributed by atoms with Crippen LogP contribution in [0.25, 0.3) is 0 Å². The zero-order chi connectivity index (χ0) is 13.2. The number of hydrogen-bond acceptors (Lipinski definition) is 2. The van der Waals surface area contributed by atoms with E-state index in [-0.39, 0.29) is 17.2 Å². The van der Waals surface area contributed by atoms with Crippen LogP contribution in [-0.4, -0.2) is 28.1 Å². The van der Waals surface area contributed by atoms with E-state index in [9.17, 15) is 4.79 Å². The normalized spacial score (nSPS) is 11.6. The Labute approximate surface area is 115 Å². The van der Waals surface area contributed by atoms with Crippen LogP contribution in [0.3, 0.4) is 0 Å². The SMILES string of the molecule is Cn1cc(N(CC(C)(C)C)C(=O)CCl)c(Br)n1. The molecule has 1 amide bonds. The molecule has 0 aliphatic rings. The molecule has 96 valence electrons. The highest BCUT2D eigenvalue weighted by atomic mass is 79.9. The third-order valence-corrected chi connectivity index (χ3v) is 2.90. The van der Waals surface area contributed by atoms with Gasteiger partial charge in [-0.25, -0.2) is 0 Å². The summed E-state index contributed by atoms with van der Waals surface area (Å²) in [6.07, 6.45) is 1.81. The van der Waals surface area contributed by atoms with Crippen LogP contribution in [0, 0.1) is 5.41 Å². The van der Waals surface area contributed by atoms with E-state index in [0.717, 1.165) is 5.69 Å². The Bertz CT molecular complexity index is 411. The molecule has 0 aromatic carbocycles. The summed E-state index contributed by atoms with van der Waals surface area (Å²) in [5.74, 6) is -0.146. The van der Waals surface area contributed by atoms with Crippen molar-refractivity contribution in [2.75, 3.05) is 17.3 Å². The van der Waals surface area contributed by atoms with E-state index in [2.05, 4.69) is 41.8 Å². The second-order valence-corrected chi connectivity index (χ2v) is 6.17. The molecule has 4 nitrogen and oxygen atoms in total. The Kier molecular flexibility index (Phi) is 4.61. The van der Waals surface area contributed by atoms with Crippen LogP contribution in [0.1, 0.15) is 20.8 Å². The quantitative estimate of drug-likeness (QED) is 0.803. The molecule has 0 unspecified atom stereocenters. The highest BCUT2D eigenvalue weighted by Crippen LogP contribution is 2.28. The molecule has 0 spiro atoms. The van der Waals surface area contributed by atoms with Crippen molar-refractivity contribution >= 4 is 39.1 Å². The van der Waals surface area contributed by atoms with Crippen molar-refractivity contribution < 1.29 is 4.79 Å². The van der Waals surface area contributed by atoms with E-state index >= 15 is 0 Å². The van der Waals surface area contributed by atoms with Crippen LogP contribution in [0.2, 0.25) is 0 Å². The second-order valence-electron chi connectivity index (χ2n) is 5.15. The summed E-state index contributed by atoms with van der Waals surface area (Å²) < 4.78 is 2.32. The smallest absolute Gasteiger partial charge is 0.242 e. The van der Waals surface area contributed by atoms with Gasteiger partial charge in [0.25, 0.3) is 0 Å². The van der Waals surface area contributed by atoms with Crippen molar-refractivity contribution in [2.24, 2.45) is 12.5 Å². The monoisotopic (exact) mass is 321 g/mol. The molecule has 0 aliphatic carbocycles. The maximum Gasteiger partial charge on any atom is 0.242 e. The minimum absolute atomic E-state index is 0.00298. The molecular weight excluding hydrogens is 305 g/mol. The number of nitrogens with zero attached hydrogens (tertiary/aromatic N) is 3. The number of amides is 1. The van der Waals surface area contributed by atoms with Gasteiger partial charge in [0, 0.05) is 19.8 Å². The van der Waals surface area contributed by atoms with E-state index in [4.69, 9.17) is 11.6 Å². The molecular formula is C11H17BrClN3O. The maximum absolute atomic E-state index is 11.9. The first-order valence-corrected chi connectivity index (χ1v) is 6.63. The Morgan fingerprint density at radius 3 is 2.53 bits per heavy atom. The molecule has 0 radical (unpaired) electrons. The summed E-state index contributed by atoms with van der Waals surface area (Å²) in [6.45, 7) is 6.83. The molecule has 1 rings (SSSR count). The minimum Gasteiger partial charge on any atom is -0.307 e. The summed E-state index contributed by atoms with van der Waals surface area (Å²) in [7, 11) is 1.81. The Balaban J connectivity index is 3.06. The van der Waals surface area contributed by atoms with E-state index in [1.165, 1.54) is 0 Å². The fourth-order valence-electron chi connectivity index (χ4n) is 1.48. The first-order chi connectivity index (χ1) is 7.74. The van der Waals surface area contributed by atoms with Gasteiger partial charge in [-0.3, -0.25) is 9.48 Å². The van der Waals surface area contributed by atoms with Crippen LogP contribution in [0.5, 0.6) is 0 Å². The van der Waals surface area contributed by atoms with Gasteiger partial charge in [-0.05, 0) is 21.3 Å². The number of hydrogen-bond donors (Lipinski definition) is 0. The molecule has 17 heavy (non-hydrogen) atoms. The van der Waals surface area contributed by atoms with Gasteiger partial charge in [0.2, 0.25) is 5.91 Å². The average molecular weight is 323 g/mol. The number of carbonyl (C=O) groups is 1. The highest BCUT2D eigenvalue weighted by molar-refractivity contribution is 9.10. The van der Waals surface area contributed by atoms with Crippen LogP contribution in [0.15, 0.2) is 10.8 Å². The van der Waals surface area contributed by atoms with Crippen LogP contribution < -0.4 is 4.90 Å². The summed E-state index contributed by atoms with van der Waals surface area (Å²) in [6, 6.07) is 0. The highest BCUT2D eigenvalue weighted by Gasteiger charge is 2.24. The largest absolute Gasteiger partial charge is 0.307 e. The predicted molar refractivity (Wildman–Crippen MR) is 73.4 cm³/mol. The Morgan fingerprint density at radius 2 is 2.18 bits per heavy atom. The zero-order valence-electron chi connectivity index (χ0n) is 10.5. The fourth-order valence-corrected chi connectivity index (χ4v) is 2.19. The molecule has 0 atom stereocenters. The summed E-state index contributed by atoms with van der Waals surface area (Å²) in [5.41, 5.74) is 0.755. The molecule has 0 saturated carbocycles. The first-order valence-electron chi connectivity index (χ1n) is 5.30. The number of rotatable bonds is 3. The van der Waals surface area contributed by atoms with Gasteiger partial charge in [-0.1, -0.05) is 20.8 Å². The van der Waals surface area contributed by atoms with Crippen LogP contribution in [0.4, 0.5) is 5.69 Å². The van der Waals surface area contributed by atoms with Crippen LogP contribution >= 0.6 is 27.5 Å². The third-order valence-electron chi connectivity index (χ3n) is 2.10. The zero-order valence-corrected chi connectivity index (χ0v) is 12.8. The number of carbonyl (C=O) groups excluding carboxylic acids is 1. The molecule has 0 bridgehead atoms. The maximum atomic E-state index is 11.9. The predicted octanol–water partition coefficient (Wildman–Crippen LogP) is 2.80. The van der Waals surface area contributed by atoms with Crippen molar-refractivity contribution in [2.45, 2.75) is 20.8 Å². The molecule has 0 aliphatic heterocycles. The molecule has 1 aromatic rings. The molecule has 1 aromatic heterocycles. The topological polar surface area (TPSA) is 38.1 Å². The Hall–Kier alpha value is -0.550. The fraction of sp³-hybridized carbons (Fsp3) is 0.636. The average Bonchev–Trinajstić information content (AvgIpc) is 2.52. The van der Waals surface area contributed by atoms with E-state index in [1.807, 2.05) is 7.05 Å². The lowest BCUT2D eigenvalue weighted by atomic mass is 9.96. The lowest BCUT2D eigenvalue weighted by molar-refractivity contribution is -0.116. The van der Waals surface area contributed by atoms with Gasteiger partial charge in [-0.2, -0.15) is 5.10 Å². The van der Waals surface area contributed by atoms with Gasteiger partial charge < -0.3 is 4.90 Å². The van der Waals surface area contributed by atoms with Gasteiger partial charge >= 0.3 is 0 Å². The standard InChI is InChI=1S/C11H17BrClN3O/c1-11(2,3)7-16(9(17)5-13)8-6-15(4)14-10(8)12/h6H,5,7H2,1-4H3. The second kappa shape index (κ2) is 5.40. The summed E-state index contributed by atoms with van der Waals surface area (Å²) in [4.78, 5) is 13.6. The van der Waals surface area contributed by atoms with Crippen molar-refractivity contribution in [3.8, 4) is 0 Å². The number of aryl methyl sites for hydroxylation is 1. The van der Waals surface area contributed by atoms with Gasteiger partial charge in [0.1, 0.15) is 5.88 Å². The third kappa shape index (κ3) is 4.00. The van der Waals surface area contributed by atoms with E-state index < -0.39 is 0 Å².